The molecule has 3 nitrogen and oxygen atoms in total. The van der Waals surface area contributed by atoms with Gasteiger partial charge in [0.2, 0.25) is 0 Å². The van der Waals surface area contributed by atoms with Crippen LogP contribution in [0.2, 0.25) is 0 Å². The highest BCUT2D eigenvalue weighted by atomic mass is 16.5. The predicted molar refractivity (Wildman–Crippen MR) is 74.8 cm³/mol. The largest absolute Gasteiger partial charge is 0.466 e. The number of piperidine rings is 1. The molecule has 2 aliphatic rings. The van der Waals surface area contributed by atoms with E-state index in [9.17, 15) is 4.79 Å². The van der Waals surface area contributed by atoms with Crippen LogP contribution >= 0.6 is 0 Å². The van der Waals surface area contributed by atoms with Crippen molar-refractivity contribution in [1.29, 1.82) is 0 Å². The molecular weight excluding hydrogens is 238 g/mol. The summed E-state index contributed by atoms with van der Waals surface area (Å²) in [4.78, 5) is 14.0. The Bertz CT molecular complexity index is 535. The van der Waals surface area contributed by atoms with E-state index in [1.807, 2.05) is 6.07 Å². The van der Waals surface area contributed by atoms with Gasteiger partial charge in [-0.25, -0.2) is 4.79 Å². The Morgan fingerprint density at radius 2 is 2.16 bits per heavy atom. The summed E-state index contributed by atoms with van der Waals surface area (Å²) in [6, 6.07) is 8.47. The minimum Gasteiger partial charge on any atom is -0.466 e. The maximum atomic E-state index is 11.6. The van der Waals surface area contributed by atoms with Crippen molar-refractivity contribution < 1.29 is 9.53 Å². The van der Waals surface area contributed by atoms with E-state index in [1.165, 1.54) is 18.2 Å². The standard InChI is InChI=1S/C16H19NO2/c1-17-8-7-13-11-5-3-4-6-12(11)14(15(13)10-17)9-16(18)19-2/h3-6,9,13,15H,7-8,10H2,1-2H3/t13-,15-/m0/s1. The molecule has 0 saturated carbocycles. The van der Waals surface area contributed by atoms with Gasteiger partial charge in [-0.3, -0.25) is 0 Å². The fourth-order valence-electron chi connectivity index (χ4n) is 3.46. The third-order valence-corrected chi connectivity index (χ3v) is 4.36. The lowest BCUT2D eigenvalue weighted by atomic mass is 9.84. The summed E-state index contributed by atoms with van der Waals surface area (Å²) in [5.41, 5.74) is 3.79. The van der Waals surface area contributed by atoms with Gasteiger partial charge in [0.15, 0.2) is 0 Å². The number of esters is 1. The molecule has 3 heteroatoms. The lowest BCUT2D eigenvalue weighted by Crippen LogP contribution is -2.35. The topological polar surface area (TPSA) is 29.5 Å². The highest BCUT2D eigenvalue weighted by molar-refractivity contribution is 5.94. The van der Waals surface area contributed by atoms with E-state index < -0.39 is 0 Å². The predicted octanol–water partition coefficient (Wildman–Crippen LogP) is 2.29. The van der Waals surface area contributed by atoms with Crippen LogP contribution in [0.15, 0.2) is 30.3 Å². The van der Waals surface area contributed by atoms with Gasteiger partial charge >= 0.3 is 5.97 Å². The van der Waals surface area contributed by atoms with Crippen molar-refractivity contribution in [1.82, 2.24) is 4.90 Å². The van der Waals surface area contributed by atoms with Crippen LogP contribution in [-0.4, -0.2) is 38.1 Å². The Labute approximate surface area is 113 Å². The Morgan fingerprint density at radius 3 is 2.95 bits per heavy atom. The number of fused-ring (bicyclic) bond motifs is 3. The summed E-state index contributed by atoms with van der Waals surface area (Å²) >= 11 is 0. The zero-order chi connectivity index (χ0) is 13.4. The molecule has 0 bridgehead atoms. The SMILES string of the molecule is COC(=O)C=C1c2ccccc2[C@@H]2CCN(C)C[C@H]12. The zero-order valence-electron chi connectivity index (χ0n) is 11.4. The van der Waals surface area contributed by atoms with Crippen LogP contribution in [0.5, 0.6) is 0 Å². The van der Waals surface area contributed by atoms with Gasteiger partial charge in [-0.1, -0.05) is 24.3 Å². The van der Waals surface area contributed by atoms with Crippen LogP contribution in [0.4, 0.5) is 0 Å². The number of hydrogen-bond acceptors (Lipinski definition) is 3. The maximum absolute atomic E-state index is 11.6. The van der Waals surface area contributed by atoms with Gasteiger partial charge in [0, 0.05) is 18.5 Å². The molecule has 1 heterocycles. The Balaban J connectivity index is 2.06. The van der Waals surface area contributed by atoms with Gasteiger partial charge in [0.05, 0.1) is 7.11 Å². The number of methoxy groups -OCH3 is 1. The summed E-state index contributed by atoms with van der Waals surface area (Å²) in [5, 5.41) is 0. The Kier molecular flexibility index (Phi) is 3.15. The van der Waals surface area contributed by atoms with Gasteiger partial charge in [-0.15, -0.1) is 0 Å². The van der Waals surface area contributed by atoms with Crippen molar-refractivity contribution in [2.24, 2.45) is 5.92 Å². The highest BCUT2D eigenvalue weighted by Gasteiger charge is 2.39. The lowest BCUT2D eigenvalue weighted by Gasteiger charge is -2.33. The number of ether oxygens (including phenoxy) is 1. The molecule has 0 aromatic heterocycles. The fraction of sp³-hybridized carbons (Fsp3) is 0.438. The van der Waals surface area contributed by atoms with Crippen molar-refractivity contribution >= 4 is 11.5 Å². The molecule has 1 aromatic rings. The van der Waals surface area contributed by atoms with Gasteiger partial charge in [0.25, 0.3) is 0 Å². The molecule has 19 heavy (non-hydrogen) atoms. The average molecular weight is 257 g/mol. The smallest absolute Gasteiger partial charge is 0.330 e. The third-order valence-electron chi connectivity index (χ3n) is 4.36. The number of carbonyl (C=O) groups is 1. The molecule has 0 spiro atoms. The van der Waals surface area contributed by atoms with E-state index in [4.69, 9.17) is 4.74 Å². The first kappa shape index (κ1) is 12.4. The first-order valence-electron chi connectivity index (χ1n) is 6.78. The first-order chi connectivity index (χ1) is 9.20. The van der Waals surface area contributed by atoms with Gasteiger partial charge < -0.3 is 9.64 Å². The molecule has 1 aliphatic heterocycles. The van der Waals surface area contributed by atoms with Crippen LogP contribution in [0.3, 0.4) is 0 Å². The Hall–Kier alpha value is -1.61. The second-order valence-electron chi connectivity index (χ2n) is 5.47. The summed E-state index contributed by atoms with van der Waals surface area (Å²) < 4.78 is 4.80. The molecular formula is C16H19NO2. The molecule has 1 aromatic carbocycles. The Morgan fingerprint density at radius 1 is 1.37 bits per heavy atom. The van der Waals surface area contributed by atoms with Gasteiger partial charge in [-0.05, 0) is 42.6 Å². The normalized spacial score (nSPS) is 28.0. The van der Waals surface area contributed by atoms with Crippen molar-refractivity contribution in [3.05, 3.63) is 41.5 Å². The van der Waals surface area contributed by atoms with Crippen molar-refractivity contribution in [3.63, 3.8) is 0 Å². The second kappa shape index (κ2) is 4.82. The van der Waals surface area contributed by atoms with Crippen molar-refractivity contribution in [2.75, 3.05) is 27.2 Å². The third kappa shape index (κ3) is 2.08. The number of likely N-dealkylation sites (tertiary alicyclic amines) is 1. The number of carbonyl (C=O) groups excluding carboxylic acids is 1. The van der Waals surface area contributed by atoms with Crippen LogP contribution in [0.25, 0.3) is 5.57 Å². The minimum atomic E-state index is -0.251. The molecule has 1 aliphatic carbocycles. The zero-order valence-corrected chi connectivity index (χ0v) is 11.4. The molecule has 0 unspecified atom stereocenters. The van der Waals surface area contributed by atoms with E-state index in [-0.39, 0.29) is 5.97 Å². The van der Waals surface area contributed by atoms with E-state index in [1.54, 1.807) is 6.08 Å². The molecule has 1 fully saturated rings. The van der Waals surface area contributed by atoms with Crippen LogP contribution in [0.1, 0.15) is 23.5 Å². The summed E-state index contributed by atoms with van der Waals surface area (Å²) in [6.07, 6.45) is 2.85. The molecule has 3 rings (SSSR count). The molecule has 0 N–H and O–H groups in total. The van der Waals surface area contributed by atoms with E-state index in [2.05, 4.69) is 30.1 Å². The highest BCUT2D eigenvalue weighted by Crippen LogP contribution is 2.49. The maximum Gasteiger partial charge on any atom is 0.330 e. The van der Waals surface area contributed by atoms with Crippen LogP contribution in [0, 0.1) is 5.92 Å². The molecule has 0 amide bonds. The summed E-state index contributed by atoms with van der Waals surface area (Å²) in [5.74, 6) is 0.734. The molecule has 0 radical (unpaired) electrons. The monoisotopic (exact) mass is 257 g/mol. The van der Waals surface area contributed by atoms with E-state index >= 15 is 0 Å². The fourth-order valence-corrected chi connectivity index (χ4v) is 3.46. The van der Waals surface area contributed by atoms with E-state index in [0.29, 0.717) is 11.8 Å². The first-order valence-corrected chi connectivity index (χ1v) is 6.78. The van der Waals surface area contributed by atoms with Crippen molar-refractivity contribution in [2.45, 2.75) is 12.3 Å². The minimum absolute atomic E-state index is 0.251. The number of benzene rings is 1. The summed E-state index contributed by atoms with van der Waals surface area (Å²) in [7, 11) is 3.58. The average Bonchev–Trinajstić information content (AvgIpc) is 2.73. The second-order valence-corrected chi connectivity index (χ2v) is 5.47. The van der Waals surface area contributed by atoms with Gasteiger partial charge in [0.1, 0.15) is 0 Å². The van der Waals surface area contributed by atoms with E-state index in [0.717, 1.165) is 25.1 Å². The molecule has 1 saturated heterocycles. The number of hydrogen-bond donors (Lipinski definition) is 0. The molecule has 2 atom stereocenters. The van der Waals surface area contributed by atoms with Gasteiger partial charge in [-0.2, -0.15) is 0 Å². The lowest BCUT2D eigenvalue weighted by molar-refractivity contribution is -0.134. The molecule has 100 valence electrons. The quantitative estimate of drug-likeness (QED) is 0.571. The summed E-state index contributed by atoms with van der Waals surface area (Å²) in [6.45, 7) is 2.14. The van der Waals surface area contributed by atoms with Crippen LogP contribution < -0.4 is 0 Å². The number of rotatable bonds is 1. The number of nitrogens with zero attached hydrogens (tertiary/aromatic N) is 1. The van der Waals surface area contributed by atoms with Crippen molar-refractivity contribution in [3.8, 4) is 0 Å². The van der Waals surface area contributed by atoms with Crippen LogP contribution in [-0.2, 0) is 9.53 Å².